The van der Waals surface area contributed by atoms with Crippen LogP contribution in [-0.4, -0.2) is 85.3 Å². The second-order valence-electron chi connectivity index (χ2n) is 0.513. The molecule has 0 radical (unpaired) electrons. The topological polar surface area (TPSA) is 267 Å². The molecule has 0 aromatic carbocycles. The summed E-state index contributed by atoms with van der Waals surface area (Å²) in [7, 11) is -4.64. The van der Waals surface area contributed by atoms with Gasteiger partial charge in [0.25, 0.3) is 0 Å². The van der Waals surface area contributed by atoms with Gasteiger partial charge in [-0.25, -0.2) is 4.57 Å². The molecular weight excluding hydrogens is 231 g/mol. The molecule has 0 heterocycles. The standard InChI is InChI=1S/Ca.H3O4P.6H2O.2H/c;1-5(2,3)4;;;;;;;;/h;(H3,1,2,3,4);6*1H2;;/q+2;;;;;;;;2*-1. The third kappa shape index (κ3) is 895. The van der Waals surface area contributed by atoms with Gasteiger partial charge < -0.3 is 50.4 Å². The summed E-state index contributed by atoms with van der Waals surface area (Å²) in [5.74, 6) is 0. The zero-order chi connectivity index (χ0) is 4.50. The Kier molecular flexibility index (Phi) is 181. The maximum atomic E-state index is 8.88. The fourth-order valence-electron chi connectivity index (χ4n) is 0. The van der Waals surface area contributed by atoms with Gasteiger partial charge in [-0.1, -0.05) is 0 Å². The van der Waals surface area contributed by atoms with Crippen LogP contribution in [0.2, 0.25) is 0 Å². The summed E-state index contributed by atoms with van der Waals surface area (Å²) in [4.78, 5) is 21.6. The first-order valence-corrected chi connectivity index (χ1v) is 2.35. The van der Waals surface area contributed by atoms with Crippen molar-refractivity contribution in [3.8, 4) is 0 Å². The van der Waals surface area contributed by atoms with Crippen molar-refractivity contribution in [1.82, 2.24) is 0 Å². The van der Waals surface area contributed by atoms with Crippen molar-refractivity contribution in [2.45, 2.75) is 0 Å². The first-order valence-electron chi connectivity index (χ1n) is 0.783. The van der Waals surface area contributed by atoms with Crippen LogP contribution in [0, 0.1) is 0 Å². The summed E-state index contributed by atoms with van der Waals surface area (Å²) in [6, 6.07) is 0. The van der Waals surface area contributed by atoms with Crippen LogP contribution < -0.4 is 0 Å². The molecule has 0 unspecified atom stereocenters. The van der Waals surface area contributed by atoms with Crippen LogP contribution in [0.5, 0.6) is 0 Å². The molecule has 0 aliphatic rings. The van der Waals surface area contributed by atoms with E-state index in [0.717, 1.165) is 0 Å². The van der Waals surface area contributed by atoms with Crippen molar-refractivity contribution in [3.05, 3.63) is 0 Å². The Bertz CT molecular complexity index is 64.3. The SMILES string of the molecule is O.O.O.O.O.O.O=P(O)(O)O.[Ca+2].[H-].[H-]. The summed E-state index contributed by atoms with van der Waals surface area (Å²) in [6.07, 6.45) is 0. The van der Waals surface area contributed by atoms with Crippen LogP contribution >= 0.6 is 7.82 Å². The van der Waals surface area contributed by atoms with E-state index in [-0.39, 0.29) is 73.4 Å². The molecule has 15 N–H and O–H groups in total. The third-order valence-corrected chi connectivity index (χ3v) is 0. The van der Waals surface area contributed by atoms with E-state index in [0.29, 0.717) is 0 Å². The van der Waals surface area contributed by atoms with Crippen LogP contribution in [0.1, 0.15) is 2.85 Å². The first-order chi connectivity index (χ1) is 2.00. The number of rotatable bonds is 0. The Balaban J connectivity index is -0.00000000222. The van der Waals surface area contributed by atoms with Crippen molar-refractivity contribution < 1.29 is 55.0 Å². The number of hydrogen-bond acceptors (Lipinski definition) is 1. The molecule has 0 aromatic rings. The van der Waals surface area contributed by atoms with Gasteiger partial charge in [-0.15, -0.1) is 0 Å². The molecule has 12 heteroatoms. The molecule has 0 saturated heterocycles. The zero-order valence-electron chi connectivity index (χ0n) is 7.90. The van der Waals surface area contributed by atoms with Crippen LogP contribution in [0.15, 0.2) is 0 Å². The predicted octanol–water partition coefficient (Wildman–Crippen LogP) is -6.03. The van der Waals surface area contributed by atoms with Crippen molar-refractivity contribution >= 4 is 45.6 Å². The quantitative estimate of drug-likeness (QED) is 0.278. The Morgan fingerprint density at radius 1 is 0.750 bits per heavy atom. The molecule has 0 spiro atoms. The number of phosphoric acid groups is 1. The van der Waals surface area contributed by atoms with E-state index in [2.05, 4.69) is 0 Å². The summed E-state index contributed by atoms with van der Waals surface area (Å²) in [6.45, 7) is 0. The van der Waals surface area contributed by atoms with Crippen LogP contribution in [0.3, 0.4) is 0 Å². The maximum absolute atomic E-state index is 8.88. The van der Waals surface area contributed by atoms with Gasteiger partial charge in [0.2, 0.25) is 0 Å². The summed E-state index contributed by atoms with van der Waals surface area (Å²) >= 11 is 0. The van der Waals surface area contributed by atoms with Gasteiger partial charge in [0.05, 0.1) is 0 Å². The van der Waals surface area contributed by atoms with E-state index < -0.39 is 7.82 Å². The molecular formula is H17CaO10P. The van der Waals surface area contributed by atoms with Gasteiger partial charge in [-0.2, -0.15) is 0 Å². The average molecular weight is 248 g/mol. The summed E-state index contributed by atoms with van der Waals surface area (Å²) in [5.41, 5.74) is 0. The molecule has 0 saturated carbocycles. The van der Waals surface area contributed by atoms with Crippen molar-refractivity contribution in [3.63, 3.8) is 0 Å². The van der Waals surface area contributed by atoms with Crippen LogP contribution in [-0.2, 0) is 4.57 Å². The molecule has 12 heavy (non-hydrogen) atoms. The minimum absolute atomic E-state index is 0. The van der Waals surface area contributed by atoms with Crippen LogP contribution in [0.25, 0.3) is 0 Å². The van der Waals surface area contributed by atoms with Gasteiger partial charge in [0.1, 0.15) is 0 Å². The van der Waals surface area contributed by atoms with Crippen molar-refractivity contribution in [2.24, 2.45) is 0 Å². The van der Waals surface area contributed by atoms with E-state index in [4.69, 9.17) is 19.2 Å². The Morgan fingerprint density at radius 3 is 0.750 bits per heavy atom. The molecule has 0 aromatic heterocycles. The minimum atomic E-state index is -4.64. The average Bonchev–Trinajstić information content (AvgIpc) is 0.722. The maximum Gasteiger partial charge on any atom is 2.00 e. The van der Waals surface area contributed by atoms with Crippen molar-refractivity contribution in [2.75, 3.05) is 0 Å². The van der Waals surface area contributed by atoms with Gasteiger partial charge >= 0.3 is 45.6 Å². The first kappa shape index (κ1) is 73.4. The largest absolute Gasteiger partial charge is 2.00 e. The van der Waals surface area contributed by atoms with E-state index in [1.807, 2.05) is 0 Å². The van der Waals surface area contributed by atoms with Gasteiger partial charge in [-0.3, -0.25) is 0 Å². The molecule has 0 amide bonds. The monoisotopic (exact) mass is 248 g/mol. The second-order valence-corrected chi connectivity index (χ2v) is 1.54. The summed E-state index contributed by atoms with van der Waals surface area (Å²) in [5, 5.41) is 0. The molecule has 0 aliphatic carbocycles. The number of hydrogen-bond donors (Lipinski definition) is 3. The summed E-state index contributed by atoms with van der Waals surface area (Å²) < 4.78 is 8.88. The normalized spacial score (nSPS) is 4.92. The minimum Gasteiger partial charge on any atom is -1.00 e. The molecule has 84 valence electrons. The molecule has 0 aliphatic heterocycles. The van der Waals surface area contributed by atoms with E-state index >= 15 is 0 Å². The Morgan fingerprint density at radius 2 is 0.750 bits per heavy atom. The molecule has 0 atom stereocenters. The van der Waals surface area contributed by atoms with Gasteiger partial charge in [0, 0.05) is 0 Å². The second kappa shape index (κ2) is 29.6. The van der Waals surface area contributed by atoms with E-state index in [1.54, 1.807) is 0 Å². The Hall–Kier alpha value is 1.13. The predicted molar refractivity (Wildman–Crippen MR) is 43.9 cm³/mol. The van der Waals surface area contributed by atoms with E-state index in [1.165, 1.54) is 0 Å². The molecule has 0 rings (SSSR count). The van der Waals surface area contributed by atoms with Crippen molar-refractivity contribution in [1.29, 1.82) is 0 Å². The van der Waals surface area contributed by atoms with E-state index in [9.17, 15) is 0 Å². The van der Waals surface area contributed by atoms with Crippen LogP contribution in [0.4, 0.5) is 0 Å². The molecule has 10 nitrogen and oxygen atoms in total. The fourth-order valence-corrected chi connectivity index (χ4v) is 0. The third-order valence-electron chi connectivity index (χ3n) is 0. The van der Waals surface area contributed by atoms with Gasteiger partial charge in [0.15, 0.2) is 0 Å². The zero-order valence-corrected chi connectivity index (χ0v) is 9.01. The van der Waals surface area contributed by atoms with Gasteiger partial charge in [-0.05, 0) is 0 Å². The fraction of sp³-hybridized carbons (Fsp3) is 0. The molecule has 0 bridgehead atoms. The molecule has 0 fully saturated rings. The smallest absolute Gasteiger partial charge is 1.00 e. The Labute approximate surface area is 100 Å².